The first-order valence-corrected chi connectivity index (χ1v) is 14.4. The summed E-state index contributed by atoms with van der Waals surface area (Å²) in [6.45, 7) is 4.50. The lowest BCUT2D eigenvalue weighted by Gasteiger charge is -2.24. The van der Waals surface area contributed by atoms with Crippen LogP contribution < -0.4 is 19.8 Å². The van der Waals surface area contributed by atoms with Gasteiger partial charge in [0.1, 0.15) is 4.53 Å². The van der Waals surface area contributed by atoms with Gasteiger partial charge in [0.05, 0.1) is 35.7 Å². The molecule has 1 aromatic heterocycles. The first kappa shape index (κ1) is 27.1. The van der Waals surface area contributed by atoms with Gasteiger partial charge in [0, 0.05) is 17.1 Å². The van der Waals surface area contributed by atoms with Gasteiger partial charge in [-0.1, -0.05) is 85.9 Å². The Morgan fingerprint density at radius 2 is 1.77 bits per heavy atom. The third-order valence-electron chi connectivity index (χ3n) is 7.22. The number of hydrogen-bond acceptors (Lipinski definition) is 6. The van der Waals surface area contributed by atoms with Crippen molar-refractivity contribution in [2.45, 2.75) is 52.0 Å². The predicted molar refractivity (Wildman–Crippen MR) is 154 cm³/mol. The fraction of sp³-hybridized carbons (Fsp3) is 0.333. The summed E-state index contributed by atoms with van der Waals surface area (Å²) in [6.07, 6.45) is 5.42. The van der Waals surface area contributed by atoms with Crippen molar-refractivity contribution in [2.75, 3.05) is 18.6 Å². The van der Waals surface area contributed by atoms with Gasteiger partial charge in [-0.2, -0.15) is 0 Å². The fourth-order valence-electron chi connectivity index (χ4n) is 5.30. The second kappa shape index (κ2) is 11.3. The Morgan fingerprint density at radius 1 is 1.05 bits per heavy atom. The fourth-order valence-corrected chi connectivity index (χ4v) is 6.56. The van der Waals surface area contributed by atoms with Crippen LogP contribution in [0.4, 0.5) is 5.69 Å². The standard InChI is InChI=1S/C30H30ClN3O4S/c1-4-5-6-7-10-17-33-22-12-9-8-11-21(22)24(27(33)35)26-28(36)34-25(19-13-15-20(31)16-14-19)23(29(37)38-3)18(2)32-30(34)39-26/h8-9,11-16,25H,4-7,10,17H2,1-3H3/b26-24+/t25-/m1/s1. The Balaban J connectivity index is 1.67. The summed E-state index contributed by atoms with van der Waals surface area (Å²) in [4.78, 5) is 47.7. The van der Waals surface area contributed by atoms with E-state index in [1.54, 1.807) is 36.1 Å². The van der Waals surface area contributed by atoms with Crippen LogP contribution in [-0.2, 0) is 14.3 Å². The lowest BCUT2D eigenvalue weighted by atomic mass is 9.96. The van der Waals surface area contributed by atoms with Crippen LogP contribution in [0.3, 0.4) is 0 Å². The number of allylic oxidation sites excluding steroid dienone is 1. The maximum Gasteiger partial charge on any atom is 0.338 e. The Hall–Kier alpha value is -3.49. The van der Waals surface area contributed by atoms with Crippen LogP contribution in [0.1, 0.15) is 63.1 Å². The van der Waals surface area contributed by atoms with Crippen LogP contribution in [0, 0.1) is 0 Å². The normalized spacial score (nSPS) is 17.7. The lowest BCUT2D eigenvalue weighted by Crippen LogP contribution is -2.40. The number of amides is 1. The molecule has 2 aliphatic rings. The van der Waals surface area contributed by atoms with Crippen molar-refractivity contribution in [2.24, 2.45) is 4.99 Å². The minimum atomic E-state index is -0.762. The summed E-state index contributed by atoms with van der Waals surface area (Å²) in [6, 6.07) is 13.8. The van der Waals surface area contributed by atoms with Gasteiger partial charge in [0.2, 0.25) is 0 Å². The van der Waals surface area contributed by atoms with Crippen molar-refractivity contribution in [3.8, 4) is 0 Å². The number of hydrogen-bond donors (Lipinski definition) is 0. The second-order valence-electron chi connectivity index (χ2n) is 9.71. The van der Waals surface area contributed by atoms with Gasteiger partial charge < -0.3 is 9.64 Å². The minimum Gasteiger partial charge on any atom is -0.466 e. The van der Waals surface area contributed by atoms with Gasteiger partial charge in [-0.05, 0) is 37.1 Å². The van der Waals surface area contributed by atoms with Crippen molar-refractivity contribution in [3.05, 3.63) is 95.6 Å². The molecule has 0 radical (unpaired) electrons. The third kappa shape index (κ3) is 4.87. The number of rotatable bonds is 8. The molecule has 0 aliphatic carbocycles. The maximum atomic E-state index is 14.1. The first-order chi connectivity index (χ1) is 18.9. The summed E-state index contributed by atoms with van der Waals surface area (Å²) in [5, 5.41) is 0.539. The van der Waals surface area contributed by atoms with Gasteiger partial charge >= 0.3 is 5.97 Å². The molecule has 3 aromatic rings. The van der Waals surface area contributed by atoms with Crippen molar-refractivity contribution in [1.29, 1.82) is 0 Å². The number of fused-ring (bicyclic) bond motifs is 2. The number of halogens is 1. The average molecular weight is 564 g/mol. The number of esters is 1. The number of ether oxygens (including phenoxy) is 1. The molecule has 5 rings (SSSR count). The number of carbonyl (C=O) groups is 2. The van der Waals surface area contributed by atoms with E-state index in [2.05, 4.69) is 11.9 Å². The first-order valence-electron chi connectivity index (χ1n) is 13.2. The molecular weight excluding hydrogens is 534 g/mol. The zero-order valence-corrected chi connectivity index (χ0v) is 23.8. The van der Waals surface area contributed by atoms with Crippen molar-refractivity contribution in [3.63, 3.8) is 0 Å². The summed E-state index contributed by atoms with van der Waals surface area (Å²) in [7, 11) is 1.31. The molecule has 2 aliphatic heterocycles. The number of carbonyl (C=O) groups excluding carboxylic acids is 2. The third-order valence-corrected chi connectivity index (χ3v) is 8.53. The molecule has 3 heterocycles. The molecule has 0 saturated heterocycles. The van der Waals surface area contributed by atoms with E-state index in [4.69, 9.17) is 16.3 Å². The number of nitrogens with zero attached hydrogens (tertiary/aromatic N) is 3. The van der Waals surface area contributed by atoms with Crippen molar-refractivity contribution < 1.29 is 14.3 Å². The van der Waals surface area contributed by atoms with Gasteiger partial charge in [-0.15, -0.1) is 0 Å². The molecule has 0 fully saturated rings. The molecule has 0 spiro atoms. The Kier molecular flexibility index (Phi) is 7.86. The molecule has 39 heavy (non-hydrogen) atoms. The molecular formula is C30H30ClN3O4S. The van der Waals surface area contributed by atoms with Crippen LogP contribution in [-0.4, -0.2) is 30.1 Å². The number of aromatic nitrogens is 1. The van der Waals surface area contributed by atoms with Crippen molar-refractivity contribution >= 4 is 46.1 Å². The van der Waals surface area contributed by atoms with Crippen LogP contribution in [0.15, 0.2) is 69.6 Å². The van der Waals surface area contributed by atoms with Crippen molar-refractivity contribution in [1.82, 2.24) is 4.57 Å². The molecule has 202 valence electrons. The molecule has 7 nitrogen and oxygen atoms in total. The topological polar surface area (TPSA) is 81.0 Å². The Bertz CT molecular complexity index is 1650. The van der Waals surface area contributed by atoms with E-state index in [1.165, 1.54) is 29.4 Å². The van der Waals surface area contributed by atoms with Gasteiger partial charge in [-0.25, -0.2) is 9.79 Å². The molecule has 2 aromatic carbocycles. The van der Waals surface area contributed by atoms with Gasteiger partial charge in [0.25, 0.3) is 11.5 Å². The molecule has 0 unspecified atom stereocenters. The predicted octanol–water partition coefficient (Wildman–Crippen LogP) is 4.75. The number of thiazole rings is 1. The number of methoxy groups -OCH3 is 1. The lowest BCUT2D eigenvalue weighted by molar-refractivity contribution is -0.136. The van der Waals surface area contributed by atoms with E-state index in [-0.39, 0.29) is 17.0 Å². The molecule has 9 heteroatoms. The van der Waals surface area contributed by atoms with E-state index in [1.807, 2.05) is 24.3 Å². The molecule has 0 bridgehead atoms. The highest BCUT2D eigenvalue weighted by Crippen LogP contribution is 2.36. The van der Waals surface area contributed by atoms with Crippen LogP contribution >= 0.6 is 22.9 Å². The summed E-state index contributed by atoms with van der Waals surface area (Å²) in [5.41, 5.74) is 3.02. The Labute approximate surface area is 235 Å². The zero-order valence-electron chi connectivity index (χ0n) is 22.2. The second-order valence-corrected chi connectivity index (χ2v) is 11.1. The number of benzene rings is 2. The highest BCUT2D eigenvalue weighted by molar-refractivity contribution is 7.07. The number of anilines is 1. The summed E-state index contributed by atoms with van der Waals surface area (Å²) < 4.78 is 6.89. The highest BCUT2D eigenvalue weighted by Gasteiger charge is 2.37. The van der Waals surface area contributed by atoms with Crippen LogP contribution in [0.5, 0.6) is 0 Å². The van der Waals surface area contributed by atoms with E-state index >= 15 is 0 Å². The minimum absolute atomic E-state index is 0.177. The van der Waals surface area contributed by atoms with E-state index in [0.717, 1.165) is 36.9 Å². The number of para-hydroxylation sites is 1. The summed E-state index contributed by atoms with van der Waals surface area (Å²) >= 11 is 7.31. The van der Waals surface area contributed by atoms with E-state index in [0.29, 0.717) is 37.7 Å². The van der Waals surface area contributed by atoms with Gasteiger partial charge in [-0.3, -0.25) is 14.2 Å². The highest BCUT2D eigenvalue weighted by atomic mass is 35.5. The molecule has 0 N–H and O–H groups in total. The Morgan fingerprint density at radius 3 is 2.49 bits per heavy atom. The quantitative estimate of drug-likeness (QED) is 0.293. The maximum absolute atomic E-state index is 14.1. The average Bonchev–Trinajstić information content (AvgIpc) is 3.40. The SMILES string of the molecule is CCCCCCCN1C(=O)/C(=c2/sc3n(c2=O)[C@H](c2ccc(Cl)cc2)C(C(=O)OC)=C(C)N=3)c2ccccc21. The van der Waals surface area contributed by atoms with E-state index in [9.17, 15) is 14.4 Å². The number of unbranched alkanes of at least 4 members (excludes halogenated alkanes) is 4. The smallest absolute Gasteiger partial charge is 0.338 e. The summed E-state index contributed by atoms with van der Waals surface area (Å²) in [5.74, 6) is -0.741. The molecule has 0 saturated carbocycles. The van der Waals surface area contributed by atoms with Crippen LogP contribution in [0.25, 0.3) is 5.57 Å². The van der Waals surface area contributed by atoms with Gasteiger partial charge in [0.15, 0.2) is 4.80 Å². The monoisotopic (exact) mass is 563 g/mol. The largest absolute Gasteiger partial charge is 0.466 e. The molecule has 1 atom stereocenters. The zero-order chi connectivity index (χ0) is 27.7. The van der Waals surface area contributed by atoms with Crippen LogP contribution in [0.2, 0.25) is 5.02 Å². The van der Waals surface area contributed by atoms with E-state index < -0.39 is 12.0 Å². The molecule has 1 amide bonds.